The number of fused-ring (bicyclic) bond motifs is 1. The van der Waals surface area contributed by atoms with Crippen LogP contribution in [-0.4, -0.2) is 16.5 Å². The first kappa shape index (κ1) is 23.1. The third kappa shape index (κ3) is 5.28. The Bertz CT molecular complexity index is 1300. The zero-order valence-corrected chi connectivity index (χ0v) is 21.0. The molecule has 0 aliphatic carbocycles. The number of carbonyl (C=O) groups excluding carboxylic acids is 1. The smallest absolute Gasteiger partial charge is 0.267 e. The minimum absolute atomic E-state index is 0.0576. The molecule has 0 fully saturated rings. The second-order valence-electron chi connectivity index (χ2n) is 9.55. The number of benzene rings is 3. The Kier molecular flexibility index (Phi) is 6.06. The van der Waals surface area contributed by atoms with E-state index in [4.69, 9.17) is 9.15 Å². The highest BCUT2D eigenvalue weighted by Gasteiger charge is 2.30. The fourth-order valence-corrected chi connectivity index (χ4v) is 3.79. The molecule has 1 aromatic heterocycles. The van der Waals surface area contributed by atoms with E-state index in [2.05, 4.69) is 47.0 Å². The maximum atomic E-state index is 13.0. The molecule has 4 aromatic rings. The van der Waals surface area contributed by atoms with E-state index in [9.17, 15) is 4.79 Å². The highest BCUT2D eigenvalue weighted by Crippen LogP contribution is 2.29. The zero-order valence-electron chi connectivity index (χ0n) is 19.4. The molecule has 3 aromatic carbocycles. The first-order valence-electron chi connectivity index (χ1n) is 10.8. The van der Waals surface area contributed by atoms with Crippen molar-refractivity contribution >= 4 is 38.6 Å². The number of anilines is 1. The second kappa shape index (κ2) is 8.67. The summed E-state index contributed by atoms with van der Waals surface area (Å²) in [6.45, 7) is 9.98. The summed E-state index contributed by atoms with van der Waals surface area (Å²) >= 11 is 3.47. The van der Waals surface area contributed by atoms with Gasteiger partial charge in [-0.1, -0.05) is 54.9 Å². The van der Waals surface area contributed by atoms with Crippen LogP contribution in [0.15, 0.2) is 75.6 Å². The Balaban J connectivity index is 1.49. The SMILES string of the molecule is CC(C)(Oc1ccc(C(C)(C)C)cc1)C(=O)Nc1ccc2oc(-c3cccc(Br)c3)nc2c1. The lowest BCUT2D eigenvalue weighted by Gasteiger charge is -2.26. The van der Waals surface area contributed by atoms with Crippen LogP contribution in [0.4, 0.5) is 5.69 Å². The van der Waals surface area contributed by atoms with E-state index >= 15 is 0 Å². The molecule has 0 aliphatic rings. The number of hydrogen-bond donors (Lipinski definition) is 1. The molecule has 0 atom stereocenters. The molecule has 0 aliphatic heterocycles. The largest absolute Gasteiger partial charge is 0.478 e. The van der Waals surface area contributed by atoms with E-state index < -0.39 is 5.60 Å². The van der Waals surface area contributed by atoms with Gasteiger partial charge in [-0.25, -0.2) is 4.98 Å². The van der Waals surface area contributed by atoms with Gasteiger partial charge in [0, 0.05) is 15.7 Å². The number of halogens is 1. The number of nitrogens with one attached hydrogen (secondary N) is 1. The molecule has 1 heterocycles. The van der Waals surface area contributed by atoms with E-state index in [0.29, 0.717) is 28.4 Å². The van der Waals surface area contributed by atoms with Gasteiger partial charge in [0.2, 0.25) is 5.89 Å². The van der Waals surface area contributed by atoms with Crippen LogP contribution < -0.4 is 10.1 Å². The Labute approximate surface area is 202 Å². The van der Waals surface area contributed by atoms with E-state index in [1.807, 2.05) is 48.5 Å². The minimum Gasteiger partial charge on any atom is -0.478 e. The van der Waals surface area contributed by atoms with Gasteiger partial charge < -0.3 is 14.5 Å². The highest BCUT2D eigenvalue weighted by atomic mass is 79.9. The van der Waals surface area contributed by atoms with Crippen molar-refractivity contribution in [3.63, 3.8) is 0 Å². The van der Waals surface area contributed by atoms with Gasteiger partial charge in [-0.3, -0.25) is 4.79 Å². The van der Waals surface area contributed by atoms with Crippen molar-refractivity contribution in [1.82, 2.24) is 4.98 Å². The molecule has 6 heteroatoms. The summed E-state index contributed by atoms with van der Waals surface area (Å²) < 4.78 is 12.8. The maximum absolute atomic E-state index is 13.0. The minimum atomic E-state index is -1.07. The fraction of sp³-hybridized carbons (Fsp3) is 0.259. The van der Waals surface area contributed by atoms with Gasteiger partial charge in [0.15, 0.2) is 11.2 Å². The van der Waals surface area contributed by atoms with Crippen molar-refractivity contribution < 1.29 is 13.9 Å². The molecule has 5 nitrogen and oxygen atoms in total. The van der Waals surface area contributed by atoms with Crippen LogP contribution in [0.2, 0.25) is 0 Å². The summed E-state index contributed by atoms with van der Waals surface area (Å²) in [5.41, 5.74) is 3.02. The third-order valence-electron chi connectivity index (χ3n) is 5.36. The van der Waals surface area contributed by atoms with Gasteiger partial charge >= 0.3 is 0 Å². The molecule has 0 spiro atoms. The average Bonchev–Trinajstić information content (AvgIpc) is 3.17. The van der Waals surface area contributed by atoms with Gasteiger partial charge in [-0.2, -0.15) is 0 Å². The van der Waals surface area contributed by atoms with Crippen molar-refractivity contribution in [2.75, 3.05) is 5.32 Å². The Hall–Kier alpha value is -3.12. The first-order chi connectivity index (χ1) is 15.5. The van der Waals surface area contributed by atoms with Crippen LogP contribution in [0, 0.1) is 0 Å². The molecule has 0 saturated heterocycles. The number of nitrogens with zero attached hydrogens (tertiary/aromatic N) is 1. The summed E-state index contributed by atoms with van der Waals surface area (Å²) in [7, 11) is 0. The molecule has 0 radical (unpaired) electrons. The molecule has 1 N–H and O–H groups in total. The van der Waals surface area contributed by atoms with Crippen LogP contribution in [0.25, 0.3) is 22.6 Å². The summed E-state index contributed by atoms with van der Waals surface area (Å²) in [6, 6.07) is 21.0. The molecule has 0 unspecified atom stereocenters. The maximum Gasteiger partial charge on any atom is 0.267 e. The number of amides is 1. The van der Waals surface area contributed by atoms with Crippen molar-refractivity contribution in [1.29, 1.82) is 0 Å². The van der Waals surface area contributed by atoms with E-state index in [0.717, 1.165) is 10.0 Å². The van der Waals surface area contributed by atoms with Crippen molar-refractivity contribution in [3.05, 3.63) is 76.8 Å². The van der Waals surface area contributed by atoms with Crippen molar-refractivity contribution in [2.45, 2.75) is 45.6 Å². The van der Waals surface area contributed by atoms with Crippen LogP contribution >= 0.6 is 15.9 Å². The number of aromatic nitrogens is 1. The standard InChI is InChI=1S/C27H27BrN2O3/c1-26(2,3)18-9-12-21(13-10-18)33-27(4,5)25(31)29-20-11-14-23-22(16-20)30-24(32-23)17-7-6-8-19(28)15-17/h6-16H,1-5H3,(H,29,31). The Morgan fingerprint density at radius 1 is 0.970 bits per heavy atom. The van der Waals surface area contributed by atoms with Crippen LogP contribution in [0.3, 0.4) is 0 Å². The molecule has 170 valence electrons. The van der Waals surface area contributed by atoms with Gasteiger partial charge in [-0.15, -0.1) is 0 Å². The monoisotopic (exact) mass is 506 g/mol. The lowest BCUT2D eigenvalue weighted by atomic mass is 9.87. The number of ether oxygens (including phenoxy) is 1. The molecule has 4 rings (SSSR count). The molecular formula is C27H27BrN2O3. The number of oxazole rings is 1. The van der Waals surface area contributed by atoms with E-state index in [1.54, 1.807) is 32.0 Å². The number of rotatable bonds is 5. The van der Waals surface area contributed by atoms with Gasteiger partial charge in [0.1, 0.15) is 11.3 Å². The summed E-state index contributed by atoms with van der Waals surface area (Å²) in [5.74, 6) is 0.920. The van der Waals surface area contributed by atoms with Crippen LogP contribution in [-0.2, 0) is 10.2 Å². The van der Waals surface area contributed by atoms with Crippen molar-refractivity contribution in [2.24, 2.45) is 0 Å². The number of hydrogen-bond acceptors (Lipinski definition) is 4. The van der Waals surface area contributed by atoms with E-state index in [1.165, 1.54) is 5.56 Å². The fourth-order valence-electron chi connectivity index (χ4n) is 3.40. The molecule has 0 saturated carbocycles. The zero-order chi connectivity index (χ0) is 23.8. The molecule has 33 heavy (non-hydrogen) atoms. The van der Waals surface area contributed by atoms with E-state index in [-0.39, 0.29) is 11.3 Å². The predicted molar refractivity (Wildman–Crippen MR) is 136 cm³/mol. The van der Waals surface area contributed by atoms with Crippen molar-refractivity contribution in [3.8, 4) is 17.2 Å². The van der Waals surface area contributed by atoms with Crippen LogP contribution in [0.1, 0.15) is 40.2 Å². The molecular weight excluding hydrogens is 480 g/mol. The summed E-state index contributed by atoms with van der Waals surface area (Å²) in [6.07, 6.45) is 0. The first-order valence-corrected chi connectivity index (χ1v) is 11.6. The third-order valence-corrected chi connectivity index (χ3v) is 5.85. The normalized spacial score (nSPS) is 12.1. The van der Waals surface area contributed by atoms with Crippen LogP contribution in [0.5, 0.6) is 5.75 Å². The lowest BCUT2D eigenvalue weighted by Crippen LogP contribution is -2.42. The topological polar surface area (TPSA) is 64.4 Å². The predicted octanol–water partition coefficient (Wildman–Crippen LogP) is 7.35. The highest BCUT2D eigenvalue weighted by molar-refractivity contribution is 9.10. The van der Waals surface area contributed by atoms with Gasteiger partial charge in [0.25, 0.3) is 5.91 Å². The van der Waals surface area contributed by atoms with Gasteiger partial charge in [0.05, 0.1) is 0 Å². The Morgan fingerprint density at radius 3 is 2.36 bits per heavy atom. The quantitative estimate of drug-likeness (QED) is 0.307. The molecule has 0 bridgehead atoms. The average molecular weight is 507 g/mol. The Morgan fingerprint density at radius 2 is 1.70 bits per heavy atom. The number of carbonyl (C=O) groups is 1. The second-order valence-corrected chi connectivity index (χ2v) is 10.5. The lowest BCUT2D eigenvalue weighted by molar-refractivity contribution is -0.128. The molecule has 1 amide bonds. The summed E-state index contributed by atoms with van der Waals surface area (Å²) in [4.78, 5) is 17.6. The summed E-state index contributed by atoms with van der Waals surface area (Å²) in [5, 5.41) is 2.94. The van der Waals surface area contributed by atoms with Gasteiger partial charge in [-0.05, 0) is 73.4 Å².